The van der Waals surface area contributed by atoms with Gasteiger partial charge in [0.05, 0.1) is 13.2 Å². The van der Waals surface area contributed by atoms with Gasteiger partial charge in [0.2, 0.25) is 0 Å². The van der Waals surface area contributed by atoms with E-state index in [1.54, 1.807) is 14.0 Å². The van der Waals surface area contributed by atoms with Crippen LogP contribution in [0.5, 0.6) is 5.75 Å². The molecule has 0 aliphatic rings. The largest absolute Gasteiger partial charge is 0.497 e. The second-order valence-corrected chi connectivity index (χ2v) is 4.94. The maximum Gasteiger partial charge on any atom is 0.119 e. The topological polar surface area (TPSA) is 32.7 Å². The van der Waals surface area contributed by atoms with Gasteiger partial charge in [-0.3, -0.25) is 0 Å². The van der Waals surface area contributed by atoms with E-state index in [2.05, 4.69) is 11.0 Å². The molecule has 0 amide bonds. The Morgan fingerprint density at radius 1 is 1.15 bits per heavy atom. The molecule has 0 aromatic heterocycles. The minimum atomic E-state index is -0.473. The summed E-state index contributed by atoms with van der Waals surface area (Å²) in [5.74, 6) is 0.861. The molecule has 3 heteroatoms. The van der Waals surface area contributed by atoms with E-state index in [4.69, 9.17) is 4.74 Å². The first-order chi connectivity index (χ1) is 9.61. The third kappa shape index (κ3) is 3.31. The molecule has 0 heterocycles. The fourth-order valence-electron chi connectivity index (χ4n) is 2.32. The molecule has 2 aromatic carbocycles. The van der Waals surface area contributed by atoms with Crippen molar-refractivity contribution in [1.82, 2.24) is 0 Å². The second-order valence-electron chi connectivity index (χ2n) is 4.94. The van der Waals surface area contributed by atoms with E-state index < -0.39 is 6.10 Å². The highest BCUT2D eigenvalue weighted by Crippen LogP contribution is 2.26. The van der Waals surface area contributed by atoms with Gasteiger partial charge in [-0.15, -0.1) is 0 Å². The summed E-state index contributed by atoms with van der Waals surface area (Å²) in [6.07, 6.45) is -0.473. The number of aliphatic hydroxyl groups excluding tert-OH is 1. The Morgan fingerprint density at radius 2 is 1.90 bits per heavy atom. The summed E-state index contributed by atoms with van der Waals surface area (Å²) in [7, 11) is 3.70. The van der Waals surface area contributed by atoms with Crippen LogP contribution in [0.2, 0.25) is 0 Å². The number of hydrogen-bond donors (Lipinski definition) is 1. The molecular formula is C17H21NO2. The summed E-state index contributed by atoms with van der Waals surface area (Å²) in [5.41, 5.74) is 3.16. The molecule has 0 bridgehead atoms. The zero-order chi connectivity index (χ0) is 14.5. The fourth-order valence-corrected chi connectivity index (χ4v) is 2.32. The monoisotopic (exact) mass is 271 g/mol. The van der Waals surface area contributed by atoms with Gasteiger partial charge in [-0.1, -0.05) is 30.3 Å². The lowest BCUT2D eigenvalue weighted by molar-refractivity contribution is 0.199. The highest BCUT2D eigenvalue weighted by molar-refractivity contribution is 5.54. The summed E-state index contributed by atoms with van der Waals surface area (Å²) < 4.78 is 5.25. The molecular weight excluding hydrogens is 250 g/mol. The van der Waals surface area contributed by atoms with E-state index in [9.17, 15) is 5.11 Å². The highest BCUT2D eigenvalue weighted by atomic mass is 16.5. The van der Waals surface area contributed by atoms with E-state index in [1.807, 2.05) is 49.5 Å². The Hall–Kier alpha value is -2.00. The number of nitrogens with zero attached hydrogens (tertiary/aromatic N) is 1. The molecule has 0 spiro atoms. The van der Waals surface area contributed by atoms with Crippen LogP contribution in [0.25, 0.3) is 0 Å². The van der Waals surface area contributed by atoms with Gasteiger partial charge in [0.1, 0.15) is 5.75 Å². The van der Waals surface area contributed by atoms with Crippen molar-refractivity contribution >= 4 is 5.69 Å². The Labute approximate surface area is 120 Å². The summed E-state index contributed by atoms with van der Waals surface area (Å²) >= 11 is 0. The summed E-state index contributed by atoms with van der Waals surface area (Å²) in [6, 6.07) is 16.0. The normalized spacial score (nSPS) is 12.0. The van der Waals surface area contributed by atoms with E-state index in [0.717, 1.165) is 23.5 Å². The molecule has 20 heavy (non-hydrogen) atoms. The molecule has 2 aromatic rings. The van der Waals surface area contributed by atoms with Crippen molar-refractivity contribution in [3.8, 4) is 5.75 Å². The molecule has 0 radical (unpaired) electrons. The van der Waals surface area contributed by atoms with Crippen LogP contribution < -0.4 is 9.64 Å². The first-order valence-electron chi connectivity index (χ1n) is 6.73. The van der Waals surface area contributed by atoms with Crippen molar-refractivity contribution in [3.05, 3.63) is 59.7 Å². The van der Waals surface area contributed by atoms with Crippen molar-refractivity contribution in [2.24, 2.45) is 0 Å². The lowest BCUT2D eigenvalue weighted by Gasteiger charge is -2.24. The maximum absolute atomic E-state index is 9.86. The van der Waals surface area contributed by atoms with Crippen LogP contribution in [0, 0.1) is 0 Å². The predicted molar refractivity (Wildman–Crippen MR) is 82.2 cm³/mol. The van der Waals surface area contributed by atoms with Gasteiger partial charge in [-0.2, -0.15) is 0 Å². The molecule has 3 nitrogen and oxygen atoms in total. The van der Waals surface area contributed by atoms with E-state index in [0.29, 0.717) is 0 Å². The number of anilines is 1. The summed E-state index contributed by atoms with van der Waals surface area (Å²) in [4.78, 5) is 2.14. The molecule has 0 aliphatic carbocycles. The third-order valence-electron chi connectivity index (χ3n) is 3.35. The van der Waals surface area contributed by atoms with Crippen molar-refractivity contribution in [2.45, 2.75) is 19.6 Å². The molecule has 0 saturated carbocycles. The average Bonchev–Trinajstić information content (AvgIpc) is 2.47. The van der Waals surface area contributed by atoms with E-state index in [1.165, 1.54) is 5.56 Å². The third-order valence-corrected chi connectivity index (χ3v) is 3.35. The quantitative estimate of drug-likeness (QED) is 0.905. The standard InChI is InChI=1S/C17H21NO2/c1-13(19)16-9-4-5-10-17(16)18(2)12-14-7-6-8-15(11-14)20-3/h4-11,13,19H,12H2,1-3H3/t13-/m1/s1. The first kappa shape index (κ1) is 14.4. The van der Waals surface area contributed by atoms with Crippen molar-refractivity contribution in [1.29, 1.82) is 0 Å². The SMILES string of the molecule is COc1cccc(CN(C)c2ccccc2[C@@H](C)O)c1. The predicted octanol–water partition coefficient (Wildman–Crippen LogP) is 3.38. The zero-order valence-electron chi connectivity index (χ0n) is 12.2. The van der Waals surface area contributed by atoms with Crippen LogP contribution in [0.15, 0.2) is 48.5 Å². The average molecular weight is 271 g/mol. The van der Waals surface area contributed by atoms with Crippen molar-refractivity contribution < 1.29 is 9.84 Å². The number of aliphatic hydroxyl groups is 1. The van der Waals surface area contributed by atoms with Gasteiger partial charge in [0.25, 0.3) is 0 Å². The zero-order valence-corrected chi connectivity index (χ0v) is 12.2. The fraction of sp³-hybridized carbons (Fsp3) is 0.294. The summed E-state index contributed by atoms with van der Waals surface area (Å²) in [5, 5.41) is 9.86. The lowest BCUT2D eigenvalue weighted by Crippen LogP contribution is -2.18. The number of ether oxygens (including phenoxy) is 1. The molecule has 0 aliphatic heterocycles. The Bertz CT molecular complexity index is 566. The maximum atomic E-state index is 9.86. The van der Waals surface area contributed by atoms with Crippen LogP contribution in [-0.2, 0) is 6.54 Å². The lowest BCUT2D eigenvalue weighted by atomic mass is 10.1. The smallest absolute Gasteiger partial charge is 0.119 e. The van der Waals surface area contributed by atoms with E-state index >= 15 is 0 Å². The number of rotatable bonds is 5. The van der Waals surface area contributed by atoms with Gasteiger partial charge >= 0.3 is 0 Å². The molecule has 0 fully saturated rings. The van der Waals surface area contributed by atoms with Gasteiger partial charge in [-0.05, 0) is 30.7 Å². The van der Waals surface area contributed by atoms with Crippen LogP contribution in [0.1, 0.15) is 24.2 Å². The first-order valence-corrected chi connectivity index (χ1v) is 6.73. The number of para-hydroxylation sites is 1. The van der Waals surface area contributed by atoms with Gasteiger partial charge in [0.15, 0.2) is 0 Å². The van der Waals surface area contributed by atoms with Crippen molar-refractivity contribution in [3.63, 3.8) is 0 Å². The Balaban J connectivity index is 2.21. The second kappa shape index (κ2) is 6.44. The molecule has 0 unspecified atom stereocenters. The van der Waals surface area contributed by atoms with Gasteiger partial charge in [0, 0.05) is 24.8 Å². The minimum Gasteiger partial charge on any atom is -0.497 e. The number of benzene rings is 2. The van der Waals surface area contributed by atoms with Crippen molar-refractivity contribution in [2.75, 3.05) is 19.1 Å². The van der Waals surface area contributed by atoms with Crippen LogP contribution in [-0.4, -0.2) is 19.3 Å². The number of hydrogen-bond acceptors (Lipinski definition) is 3. The minimum absolute atomic E-state index is 0.473. The van der Waals surface area contributed by atoms with Crippen LogP contribution in [0.3, 0.4) is 0 Å². The molecule has 0 saturated heterocycles. The number of methoxy groups -OCH3 is 1. The van der Waals surface area contributed by atoms with E-state index in [-0.39, 0.29) is 0 Å². The summed E-state index contributed by atoms with van der Waals surface area (Å²) in [6.45, 7) is 2.55. The molecule has 1 atom stereocenters. The molecule has 1 N–H and O–H groups in total. The van der Waals surface area contributed by atoms with Crippen LogP contribution in [0.4, 0.5) is 5.69 Å². The Morgan fingerprint density at radius 3 is 2.60 bits per heavy atom. The van der Waals surface area contributed by atoms with Crippen LogP contribution >= 0.6 is 0 Å². The van der Waals surface area contributed by atoms with Gasteiger partial charge < -0.3 is 14.7 Å². The van der Waals surface area contributed by atoms with Gasteiger partial charge in [-0.25, -0.2) is 0 Å². The Kier molecular flexibility index (Phi) is 4.64. The highest BCUT2D eigenvalue weighted by Gasteiger charge is 2.11. The molecule has 2 rings (SSSR count). The molecule has 106 valence electrons.